The SMILES string of the molecule is C[C@H]1[C@H](N2C(=O)c3ccccc3C2=O)C(=O)N1OCc1ccccc1. The van der Waals surface area contributed by atoms with Gasteiger partial charge >= 0.3 is 0 Å². The minimum absolute atomic E-state index is 0.256. The number of carbonyl (C=O) groups excluding carboxylic acids is 3. The lowest BCUT2D eigenvalue weighted by Gasteiger charge is -2.46. The van der Waals surface area contributed by atoms with Crippen molar-refractivity contribution in [2.24, 2.45) is 0 Å². The molecule has 0 unspecified atom stereocenters. The molecule has 0 aromatic heterocycles. The van der Waals surface area contributed by atoms with Crippen molar-refractivity contribution in [3.05, 3.63) is 71.3 Å². The van der Waals surface area contributed by atoms with Gasteiger partial charge in [0, 0.05) is 0 Å². The highest BCUT2D eigenvalue weighted by Gasteiger charge is 2.55. The Morgan fingerprint density at radius 3 is 2.00 bits per heavy atom. The van der Waals surface area contributed by atoms with Crippen molar-refractivity contribution in [2.75, 3.05) is 0 Å². The number of hydrogen-bond donors (Lipinski definition) is 0. The Morgan fingerprint density at radius 1 is 0.880 bits per heavy atom. The van der Waals surface area contributed by atoms with Crippen molar-refractivity contribution in [1.29, 1.82) is 0 Å². The van der Waals surface area contributed by atoms with Crippen LogP contribution < -0.4 is 0 Å². The molecular weight excluding hydrogens is 320 g/mol. The minimum atomic E-state index is -0.817. The van der Waals surface area contributed by atoms with Crippen LogP contribution in [-0.2, 0) is 16.2 Å². The van der Waals surface area contributed by atoms with Crippen molar-refractivity contribution < 1.29 is 19.2 Å². The average Bonchev–Trinajstić information content (AvgIpc) is 2.88. The number of benzene rings is 2. The zero-order chi connectivity index (χ0) is 17.6. The van der Waals surface area contributed by atoms with Crippen LogP contribution in [0.1, 0.15) is 33.2 Å². The quantitative estimate of drug-likeness (QED) is 0.633. The van der Waals surface area contributed by atoms with Crippen LogP contribution in [0.3, 0.4) is 0 Å². The largest absolute Gasteiger partial charge is 0.272 e. The van der Waals surface area contributed by atoms with E-state index in [4.69, 9.17) is 4.84 Å². The summed E-state index contributed by atoms with van der Waals surface area (Å²) in [5, 5.41) is 1.24. The Labute approximate surface area is 144 Å². The van der Waals surface area contributed by atoms with E-state index in [1.807, 2.05) is 30.3 Å². The van der Waals surface area contributed by atoms with E-state index in [-0.39, 0.29) is 12.5 Å². The Bertz CT molecular complexity index is 830. The third-order valence-electron chi connectivity index (χ3n) is 4.61. The van der Waals surface area contributed by atoms with Crippen molar-refractivity contribution in [1.82, 2.24) is 9.96 Å². The Balaban J connectivity index is 1.48. The Kier molecular flexibility index (Phi) is 3.62. The van der Waals surface area contributed by atoms with Gasteiger partial charge in [0.15, 0.2) is 0 Å². The maximum absolute atomic E-state index is 12.5. The fourth-order valence-corrected chi connectivity index (χ4v) is 3.27. The van der Waals surface area contributed by atoms with Crippen molar-refractivity contribution in [2.45, 2.75) is 25.6 Å². The fourth-order valence-electron chi connectivity index (χ4n) is 3.27. The summed E-state index contributed by atoms with van der Waals surface area (Å²) >= 11 is 0. The topological polar surface area (TPSA) is 66.9 Å². The molecule has 0 aliphatic carbocycles. The van der Waals surface area contributed by atoms with E-state index in [1.165, 1.54) is 5.06 Å². The molecule has 3 amide bonds. The summed E-state index contributed by atoms with van der Waals surface area (Å²) in [6.45, 7) is 2.02. The molecule has 1 fully saturated rings. The third kappa shape index (κ3) is 2.34. The molecule has 2 aliphatic rings. The molecule has 6 nitrogen and oxygen atoms in total. The van der Waals surface area contributed by atoms with Gasteiger partial charge in [-0.1, -0.05) is 42.5 Å². The number of imide groups is 1. The van der Waals surface area contributed by atoms with E-state index in [2.05, 4.69) is 0 Å². The molecule has 25 heavy (non-hydrogen) atoms. The molecule has 4 rings (SSSR count). The summed E-state index contributed by atoms with van der Waals surface area (Å²) in [5.41, 5.74) is 1.62. The standard InChI is InChI=1S/C19H16N2O4/c1-12-16(19(24)21(12)25-11-13-7-3-2-4-8-13)20-17(22)14-9-5-6-10-15(14)18(20)23/h2-10,12,16H,11H2,1H3/t12-,16-/m0/s1. The number of rotatable bonds is 4. The molecule has 0 saturated carbocycles. The molecule has 0 N–H and O–H groups in total. The van der Waals surface area contributed by atoms with Gasteiger partial charge in [0.25, 0.3) is 17.7 Å². The van der Waals surface area contributed by atoms with E-state index in [0.717, 1.165) is 10.5 Å². The normalized spacial score (nSPS) is 22.2. The lowest BCUT2D eigenvalue weighted by molar-refractivity contribution is -0.242. The summed E-state index contributed by atoms with van der Waals surface area (Å²) in [4.78, 5) is 44.1. The highest BCUT2D eigenvalue weighted by atomic mass is 16.7. The first-order chi connectivity index (χ1) is 12.1. The van der Waals surface area contributed by atoms with Crippen LogP contribution in [0.2, 0.25) is 0 Å². The maximum Gasteiger partial charge on any atom is 0.272 e. The maximum atomic E-state index is 12.5. The van der Waals surface area contributed by atoms with Gasteiger partial charge in [0.05, 0.1) is 17.2 Å². The molecule has 0 spiro atoms. The smallest absolute Gasteiger partial charge is 0.270 e. The minimum Gasteiger partial charge on any atom is -0.270 e. The molecule has 2 aromatic carbocycles. The molecule has 0 radical (unpaired) electrons. The molecule has 126 valence electrons. The van der Waals surface area contributed by atoms with Gasteiger partial charge in [-0.15, -0.1) is 0 Å². The van der Waals surface area contributed by atoms with Crippen LogP contribution in [0.25, 0.3) is 0 Å². The number of fused-ring (bicyclic) bond motifs is 1. The third-order valence-corrected chi connectivity index (χ3v) is 4.61. The summed E-state index contributed by atoms with van der Waals surface area (Å²) in [6, 6.07) is 14.9. The monoisotopic (exact) mass is 336 g/mol. The summed E-state index contributed by atoms with van der Waals surface area (Å²) in [6.07, 6.45) is 0. The summed E-state index contributed by atoms with van der Waals surface area (Å²) < 4.78 is 0. The van der Waals surface area contributed by atoms with Crippen LogP contribution in [0.15, 0.2) is 54.6 Å². The van der Waals surface area contributed by atoms with E-state index in [1.54, 1.807) is 31.2 Å². The second-order valence-corrected chi connectivity index (χ2v) is 6.13. The number of hydroxylamine groups is 2. The van der Waals surface area contributed by atoms with Crippen molar-refractivity contribution in [3.63, 3.8) is 0 Å². The highest BCUT2D eigenvalue weighted by molar-refractivity contribution is 6.23. The molecule has 0 bridgehead atoms. The lowest BCUT2D eigenvalue weighted by Crippen LogP contribution is -2.70. The van der Waals surface area contributed by atoms with Crippen LogP contribution in [0.5, 0.6) is 0 Å². The zero-order valence-electron chi connectivity index (χ0n) is 13.6. The number of hydrogen-bond acceptors (Lipinski definition) is 4. The van der Waals surface area contributed by atoms with Crippen LogP contribution in [0, 0.1) is 0 Å². The first kappa shape index (κ1) is 15.5. The molecule has 2 heterocycles. The van der Waals surface area contributed by atoms with Gasteiger partial charge in [-0.2, -0.15) is 0 Å². The number of carbonyl (C=O) groups is 3. The zero-order valence-corrected chi connectivity index (χ0v) is 13.6. The fraction of sp³-hybridized carbons (Fsp3) is 0.211. The Hall–Kier alpha value is -2.99. The predicted molar refractivity (Wildman–Crippen MR) is 88.3 cm³/mol. The molecular formula is C19H16N2O4. The van der Waals surface area contributed by atoms with Gasteiger partial charge in [0.1, 0.15) is 12.6 Å². The van der Waals surface area contributed by atoms with E-state index >= 15 is 0 Å². The Morgan fingerprint density at radius 2 is 1.44 bits per heavy atom. The summed E-state index contributed by atoms with van der Waals surface area (Å²) in [7, 11) is 0. The van der Waals surface area contributed by atoms with Gasteiger partial charge in [-0.25, -0.2) is 5.06 Å². The first-order valence-electron chi connectivity index (χ1n) is 8.06. The summed E-state index contributed by atoms with van der Waals surface area (Å²) in [5.74, 6) is -1.22. The number of nitrogens with zero attached hydrogens (tertiary/aromatic N) is 2. The van der Waals surface area contributed by atoms with E-state index < -0.39 is 23.9 Å². The number of amides is 3. The molecule has 6 heteroatoms. The van der Waals surface area contributed by atoms with Crippen LogP contribution >= 0.6 is 0 Å². The molecule has 2 aliphatic heterocycles. The number of β-lactam (4-membered cyclic amide) rings is 1. The molecule has 2 atom stereocenters. The average molecular weight is 336 g/mol. The lowest BCUT2D eigenvalue weighted by atomic mass is 9.98. The van der Waals surface area contributed by atoms with Gasteiger partial charge < -0.3 is 0 Å². The van der Waals surface area contributed by atoms with Crippen molar-refractivity contribution >= 4 is 17.7 Å². The second-order valence-electron chi connectivity index (χ2n) is 6.13. The van der Waals surface area contributed by atoms with E-state index in [0.29, 0.717) is 11.1 Å². The van der Waals surface area contributed by atoms with E-state index in [9.17, 15) is 14.4 Å². The van der Waals surface area contributed by atoms with Crippen LogP contribution in [0.4, 0.5) is 0 Å². The molecule has 2 aromatic rings. The highest BCUT2D eigenvalue weighted by Crippen LogP contribution is 2.32. The van der Waals surface area contributed by atoms with Crippen LogP contribution in [-0.4, -0.2) is 39.8 Å². The first-order valence-corrected chi connectivity index (χ1v) is 8.06. The van der Waals surface area contributed by atoms with Crippen molar-refractivity contribution in [3.8, 4) is 0 Å². The van der Waals surface area contributed by atoms with Gasteiger partial charge in [-0.3, -0.25) is 24.1 Å². The van der Waals surface area contributed by atoms with Gasteiger partial charge in [-0.05, 0) is 24.6 Å². The predicted octanol–water partition coefficient (Wildman–Crippen LogP) is 2.01. The second kappa shape index (κ2) is 5.82. The molecule has 1 saturated heterocycles. The van der Waals surface area contributed by atoms with Gasteiger partial charge in [0.2, 0.25) is 0 Å².